The number of piperidine rings is 2. The summed E-state index contributed by atoms with van der Waals surface area (Å²) in [7, 11) is 0. The fourth-order valence-corrected chi connectivity index (χ4v) is 3.76. The molecule has 1 aromatic carbocycles. The maximum atomic E-state index is 10.6. The lowest BCUT2D eigenvalue weighted by Gasteiger charge is -2.40. The van der Waals surface area contributed by atoms with Crippen molar-refractivity contribution in [1.82, 2.24) is 10.2 Å². The van der Waals surface area contributed by atoms with Gasteiger partial charge in [-0.15, -0.1) is 0 Å². The van der Waals surface area contributed by atoms with Crippen molar-refractivity contribution in [2.45, 2.75) is 37.7 Å². The first-order valence-corrected chi connectivity index (χ1v) is 8.43. The summed E-state index contributed by atoms with van der Waals surface area (Å²) in [6.45, 7) is 5.08. The Morgan fingerprint density at radius 3 is 2.43 bits per heavy atom. The lowest BCUT2D eigenvalue weighted by Crippen LogP contribution is -2.51. The first kappa shape index (κ1) is 15.0. The van der Waals surface area contributed by atoms with Crippen LogP contribution < -0.4 is 5.32 Å². The van der Waals surface area contributed by atoms with Crippen molar-refractivity contribution in [2.24, 2.45) is 5.92 Å². The summed E-state index contributed by atoms with van der Waals surface area (Å²) < 4.78 is 0. The van der Waals surface area contributed by atoms with Gasteiger partial charge in [0.05, 0.1) is 5.60 Å². The first-order chi connectivity index (χ1) is 10.2. The number of hydrogen-bond donors (Lipinski definition) is 2. The molecular weight excluding hydrogens is 260 g/mol. The van der Waals surface area contributed by atoms with Crippen LogP contribution in [-0.2, 0) is 6.42 Å². The Kier molecular flexibility index (Phi) is 4.94. The number of nitrogens with one attached hydrogen (secondary N) is 1. The zero-order valence-corrected chi connectivity index (χ0v) is 12.9. The Balaban J connectivity index is 1.44. The monoisotopic (exact) mass is 288 g/mol. The minimum Gasteiger partial charge on any atom is -0.388 e. The molecule has 21 heavy (non-hydrogen) atoms. The average Bonchev–Trinajstić information content (AvgIpc) is 2.51. The van der Waals surface area contributed by atoms with E-state index in [-0.39, 0.29) is 0 Å². The highest BCUT2D eigenvalue weighted by Crippen LogP contribution is 2.25. The first-order valence-electron chi connectivity index (χ1n) is 8.43. The zero-order chi connectivity index (χ0) is 14.5. The summed E-state index contributed by atoms with van der Waals surface area (Å²) in [5, 5.41) is 14.0. The second kappa shape index (κ2) is 6.91. The Labute approximate surface area is 128 Å². The normalized spacial score (nSPS) is 24.0. The molecular formula is C18H28N2O. The molecule has 2 fully saturated rings. The molecule has 0 aromatic heterocycles. The van der Waals surface area contributed by atoms with E-state index < -0.39 is 5.60 Å². The number of aliphatic hydroxyl groups is 1. The topological polar surface area (TPSA) is 35.5 Å². The lowest BCUT2D eigenvalue weighted by atomic mass is 9.87. The molecule has 3 nitrogen and oxygen atoms in total. The minimum atomic E-state index is -0.447. The molecule has 0 radical (unpaired) electrons. The van der Waals surface area contributed by atoms with E-state index in [4.69, 9.17) is 0 Å². The summed E-state index contributed by atoms with van der Waals surface area (Å²) in [4.78, 5) is 2.48. The number of benzene rings is 1. The molecule has 2 N–H and O–H groups in total. The standard InChI is InChI=1S/C18H28N2O/c21-18(8-10-19-11-9-18)15-20-12-6-17(7-13-20)14-16-4-2-1-3-5-16/h1-5,17,19,21H,6-15H2. The molecule has 0 saturated carbocycles. The third kappa shape index (κ3) is 4.29. The second-order valence-corrected chi connectivity index (χ2v) is 6.88. The molecule has 2 aliphatic heterocycles. The third-order valence-corrected chi connectivity index (χ3v) is 5.13. The molecule has 0 unspecified atom stereocenters. The molecule has 0 atom stereocenters. The molecule has 0 amide bonds. The minimum absolute atomic E-state index is 0.447. The van der Waals surface area contributed by atoms with Crippen LogP contribution in [0.25, 0.3) is 0 Å². The van der Waals surface area contributed by atoms with Crippen molar-refractivity contribution in [3.05, 3.63) is 35.9 Å². The van der Waals surface area contributed by atoms with E-state index in [1.165, 1.54) is 24.8 Å². The third-order valence-electron chi connectivity index (χ3n) is 5.13. The fourth-order valence-electron chi connectivity index (χ4n) is 3.76. The highest BCUT2D eigenvalue weighted by Gasteiger charge is 2.32. The molecule has 0 spiro atoms. The smallest absolute Gasteiger partial charge is 0.0798 e. The number of rotatable bonds is 4. The molecule has 0 bridgehead atoms. The van der Waals surface area contributed by atoms with E-state index >= 15 is 0 Å². The van der Waals surface area contributed by atoms with Gasteiger partial charge in [0, 0.05) is 6.54 Å². The van der Waals surface area contributed by atoms with Crippen LogP contribution in [0.15, 0.2) is 30.3 Å². The predicted octanol–water partition coefficient (Wildman–Crippen LogP) is 2.06. The second-order valence-electron chi connectivity index (χ2n) is 6.88. The van der Waals surface area contributed by atoms with Crippen molar-refractivity contribution in [2.75, 3.05) is 32.7 Å². The van der Waals surface area contributed by atoms with E-state index in [1.807, 2.05) is 0 Å². The Hall–Kier alpha value is -0.900. The summed E-state index contributed by atoms with van der Waals surface area (Å²) in [5.74, 6) is 0.811. The summed E-state index contributed by atoms with van der Waals surface area (Å²) in [6.07, 6.45) is 5.54. The number of β-amino-alcohol motifs (C(OH)–C–C–N with tert-alkyl or cyclic N) is 1. The lowest BCUT2D eigenvalue weighted by molar-refractivity contribution is -0.0276. The Morgan fingerprint density at radius 1 is 1.10 bits per heavy atom. The van der Waals surface area contributed by atoms with Crippen LogP contribution in [0.5, 0.6) is 0 Å². The summed E-state index contributed by atoms with van der Waals surface area (Å²) >= 11 is 0. The Morgan fingerprint density at radius 2 is 1.76 bits per heavy atom. The summed E-state index contributed by atoms with van der Waals surface area (Å²) in [6, 6.07) is 10.8. The van der Waals surface area contributed by atoms with E-state index in [0.717, 1.165) is 51.5 Å². The molecule has 2 heterocycles. The highest BCUT2D eigenvalue weighted by molar-refractivity contribution is 5.15. The average molecular weight is 288 g/mol. The van der Waals surface area contributed by atoms with Crippen LogP contribution in [0.3, 0.4) is 0 Å². The van der Waals surface area contributed by atoms with Crippen LogP contribution >= 0.6 is 0 Å². The summed E-state index contributed by atoms with van der Waals surface area (Å²) in [5.41, 5.74) is 1.02. The quantitative estimate of drug-likeness (QED) is 0.890. The SMILES string of the molecule is OC1(CN2CCC(Cc3ccccc3)CC2)CCNCC1. The maximum absolute atomic E-state index is 10.6. The maximum Gasteiger partial charge on any atom is 0.0798 e. The molecule has 3 rings (SSSR count). The van der Waals surface area contributed by atoms with Gasteiger partial charge in [-0.05, 0) is 69.8 Å². The van der Waals surface area contributed by atoms with Crippen LogP contribution in [-0.4, -0.2) is 48.3 Å². The fraction of sp³-hybridized carbons (Fsp3) is 0.667. The van der Waals surface area contributed by atoms with E-state index in [0.29, 0.717) is 0 Å². The van der Waals surface area contributed by atoms with E-state index in [2.05, 4.69) is 40.5 Å². The van der Waals surface area contributed by atoms with E-state index in [9.17, 15) is 5.11 Å². The van der Waals surface area contributed by atoms with Crippen molar-refractivity contribution in [3.63, 3.8) is 0 Å². The van der Waals surface area contributed by atoms with Gasteiger partial charge in [-0.2, -0.15) is 0 Å². The van der Waals surface area contributed by atoms with Crippen molar-refractivity contribution < 1.29 is 5.11 Å². The number of hydrogen-bond acceptors (Lipinski definition) is 3. The van der Waals surface area contributed by atoms with Gasteiger partial charge in [0.2, 0.25) is 0 Å². The molecule has 2 aliphatic rings. The van der Waals surface area contributed by atoms with E-state index in [1.54, 1.807) is 0 Å². The van der Waals surface area contributed by atoms with Crippen LogP contribution in [0.1, 0.15) is 31.2 Å². The largest absolute Gasteiger partial charge is 0.388 e. The van der Waals surface area contributed by atoms with Crippen LogP contribution in [0.2, 0.25) is 0 Å². The van der Waals surface area contributed by atoms with Gasteiger partial charge >= 0.3 is 0 Å². The number of nitrogens with zero attached hydrogens (tertiary/aromatic N) is 1. The van der Waals surface area contributed by atoms with Crippen molar-refractivity contribution in [1.29, 1.82) is 0 Å². The zero-order valence-electron chi connectivity index (χ0n) is 12.9. The van der Waals surface area contributed by atoms with Gasteiger partial charge in [0.25, 0.3) is 0 Å². The van der Waals surface area contributed by atoms with Gasteiger partial charge in [-0.3, -0.25) is 0 Å². The van der Waals surface area contributed by atoms with Crippen LogP contribution in [0, 0.1) is 5.92 Å². The van der Waals surface area contributed by atoms with Gasteiger partial charge in [-0.1, -0.05) is 30.3 Å². The van der Waals surface area contributed by atoms with Crippen molar-refractivity contribution in [3.8, 4) is 0 Å². The molecule has 3 heteroatoms. The van der Waals surface area contributed by atoms with Crippen molar-refractivity contribution >= 4 is 0 Å². The highest BCUT2D eigenvalue weighted by atomic mass is 16.3. The number of likely N-dealkylation sites (tertiary alicyclic amines) is 1. The predicted molar refractivity (Wildman–Crippen MR) is 86.4 cm³/mol. The molecule has 2 saturated heterocycles. The molecule has 1 aromatic rings. The molecule has 0 aliphatic carbocycles. The molecule has 116 valence electrons. The van der Waals surface area contributed by atoms with Crippen LogP contribution in [0.4, 0.5) is 0 Å². The van der Waals surface area contributed by atoms with Gasteiger partial charge in [0.15, 0.2) is 0 Å². The van der Waals surface area contributed by atoms with Gasteiger partial charge < -0.3 is 15.3 Å². The van der Waals surface area contributed by atoms with Gasteiger partial charge in [-0.25, -0.2) is 0 Å². The van der Waals surface area contributed by atoms with Gasteiger partial charge in [0.1, 0.15) is 0 Å². The Bertz CT molecular complexity index is 420.